The third-order valence-corrected chi connectivity index (χ3v) is 6.27. The minimum absolute atomic E-state index is 0.0418. The molecule has 0 aliphatic carbocycles. The molecule has 140 valence electrons. The minimum atomic E-state index is 0.0418. The van der Waals surface area contributed by atoms with Crippen LogP contribution in [0.25, 0.3) is 10.3 Å². The molecule has 3 aromatic rings. The molecule has 0 spiro atoms. The van der Waals surface area contributed by atoms with Crippen molar-refractivity contribution >= 4 is 51.7 Å². The van der Waals surface area contributed by atoms with E-state index in [0.29, 0.717) is 17.8 Å². The monoisotopic (exact) mass is 400 g/mol. The highest BCUT2D eigenvalue weighted by atomic mass is 32.2. The quantitative estimate of drug-likeness (QED) is 0.198. The first-order valence-corrected chi connectivity index (χ1v) is 10.3. The lowest BCUT2D eigenvalue weighted by molar-refractivity contribution is 0.101. The molecular weight excluding hydrogens is 380 g/mol. The van der Waals surface area contributed by atoms with Crippen LogP contribution in [0.3, 0.4) is 0 Å². The molecular formula is C19H20N4O2S2. The Balaban J connectivity index is 1.86. The predicted molar refractivity (Wildman–Crippen MR) is 111 cm³/mol. The van der Waals surface area contributed by atoms with Crippen LogP contribution < -0.4 is 0 Å². The van der Waals surface area contributed by atoms with Crippen LogP contribution in [0.2, 0.25) is 0 Å². The van der Waals surface area contributed by atoms with Crippen molar-refractivity contribution in [3.05, 3.63) is 46.6 Å². The molecule has 0 aliphatic heterocycles. The first-order valence-electron chi connectivity index (χ1n) is 8.28. The van der Waals surface area contributed by atoms with Crippen molar-refractivity contribution in [1.29, 1.82) is 0 Å². The number of thiazole rings is 1. The Morgan fingerprint density at radius 2 is 2.22 bits per heavy atom. The summed E-state index contributed by atoms with van der Waals surface area (Å²) < 4.78 is 3.72. The third kappa shape index (κ3) is 3.96. The van der Waals surface area contributed by atoms with Gasteiger partial charge in [-0.2, -0.15) is 5.10 Å². The lowest BCUT2D eigenvalue weighted by atomic mass is 10.1. The smallest absolute Gasteiger partial charge is 0.167 e. The summed E-state index contributed by atoms with van der Waals surface area (Å²) in [5.74, 6) is 0.0418. The Labute approximate surface area is 165 Å². The Bertz CT molecular complexity index is 1040. The topological polar surface area (TPSA) is 67.6 Å². The number of fused-ring (bicyclic) bond motifs is 1. The molecule has 2 aromatic heterocycles. The van der Waals surface area contributed by atoms with Gasteiger partial charge in [-0.1, -0.05) is 30.0 Å². The van der Waals surface area contributed by atoms with E-state index in [1.54, 1.807) is 51.9 Å². The zero-order valence-corrected chi connectivity index (χ0v) is 17.2. The third-order valence-electron chi connectivity index (χ3n) is 4.20. The van der Waals surface area contributed by atoms with Crippen molar-refractivity contribution in [1.82, 2.24) is 14.6 Å². The molecule has 27 heavy (non-hydrogen) atoms. The average Bonchev–Trinajstić information content (AvgIpc) is 3.18. The second-order valence-electron chi connectivity index (χ2n) is 6.13. The average molecular weight is 401 g/mol. The van der Waals surface area contributed by atoms with Gasteiger partial charge in [0.1, 0.15) is 0 Å². The highest BCUT2D eigenvalue weighted by molar-refractivity contribution is 8.00. The molecule has 0 saturated carbocycles. The summed E-state index contributed by atoms with van der Waals surface area (Å²) in [6.45, 7) is 2.11. The lowest BCUT2D eigenvalue weighted by Gasteiger charge is -2.13. The summed E-state index contributed by atoms with van der Waals surface area (Å²) in [4.78, 5) is 27.6. The predicted octanol–water partition coefficient (Wildman–Crippen LogP) is 3.84. The van der Waals surface area contributed by atoms with Crippen LogP contribution in [0.1, 0.15) is 38.9 Å². The molecule has 1 aromatic carbocycles. The van der Waals surface area contributed by atoms with Crippen molar-refractivity contribution in [2.75, 3.05) is 13.3 Å². The van der Waals surface area contributed by atoms with E-state index in [-0.39, 0.29) is 5.78 Å². The Kier molecular flexibility index (Phi) is 5.76. The summed E-state index contributed by atoms with van der Waals surface area (Å²) in [6.07, 6.45) is 4.53. The van der Waals surface area contributed by atoms with E-state index in [9.17, 15) is 9.59 Å². The van der Waals surface area contributed by atoms with Gasteiger partial charge in [-0.25, -0.2) is 4.98 Å². The number of aldehydes is 1. The van der Waals surface area contributed by atoms with E-state index in [1.165, 1.54) is 0 Å². The second kappa shape index (κ2) is 8.06. The molecule has 0 radical (unpaired) electrons. The number of aromatic nitrogens is 2. The molecule has 0 N–H and O–H groups in total. The van der Waals surface area contributed by atoms with Crippen molar-refractivity contribution in [3.63, 3.8) is 0 Å². The van der Waals surface area contributed by atoms with E-state index >= 15 is 0 Å². The zero-order chi connectivity index (χ0) is 19.6. The zero-order valence-electron chi connectivity index (χ0n) is 15.6. The fourth-order valence-corrected chi connectivity index (χ4v) is 4.42. The normalized spacial score (nSPS) is 11.4. The molecule has 0 atom stereocenters. The van der Waals surface area contributed by atoms with Gasteiger partial charge in [0, 0.05) is 25.2 Å². The van der Waals surface area contributed by atoms with Crippen LogP contribution in [0.5, 0.6) is 0 Å². The maximum atomic E-state index is 11.6. The van der Waals surface area contributed by atoms with Crippen LogP contribution in [0.4, 0.5) is 0 Å². The molecule has 0 unspecified atom stereocenters. The summed E-state index contributed by atoms with van der Waals surface area (Å²) in [5.41, 5.74) is 3.83. The largest absolute Gasteiger partial charge is 0.325 e. The maximum Gasteiger partial charge on any atom is 0.167 e. The highest BCUT2D eigenvalue weighted by Gasteiger charge is 2.18. The first kappa shape index (κ1) is 19.3. The number of rotatable bonds is 7. The number of nitrogens with zero attached hydrogens (tertiary/aromatic N) is 4. The standard InChI is InChI=1S/C19H20N4O2S2/c1-12(25)14-7-5-6-13(8-14)10-22(2)20-9-15-16(11-24)23(3)18-17(15)27-19(21-18)26-4/h5-9,11H,10H2,1-4H3/b20-9-. The number of ketones is 1. The van der Waals surface area contributed by atoms with E-state index in [1.807, 2.05) is 38.6 Å². The van der Waals surface area contributed by atoms with Gasteiger partial charge in [-0.05, 0) is 24.8 Å². The number of hydrogen-bond donors (Lipinski definition) is 0. The molecule has 8 heteroatoms. The van der Waals surface area contributed by atoms with Crippen molar-refractivity contribution < 1.29 is 9.59 Å². The molecule has 6 nitrogen and oxygen atoms in total. The van der Waals surface area contributed by atoms with Gasteiger partial charge in [0.2, 0.25) is 0 Å². The van der Waals surface area contributed by atoms with Crippen LogP contribution in [0.15, 0.2) is 33.7 Å². The number of hydrazone groups is 1. The number of hydrogen-bond acceptors (Lipinski definition) is 7. The van der Waals surface area contributed by atoms with Gasteiger partial charge >= 0.3 is 0 Å². The van der Waals surface area contributed by atoms with E-state index < -0.39 is 0 Å². The summed E-state index contributed by atoms with van der Waals surface area (Å²) in [5, 5.41) is 6.28. The summed E-state index contributed by atoms with van der Waals surface area (Å²) >= 11 is 3.14. The number of benzene rings is 1. The van der Waals surface area contributed by atoms with Crippen LogP contribution in [-0.2, 0) is 13.6 Å². The molecule has 0 fully saturated rings. The second-order valence-corrected chi connectivity index (χ2v) is 8.18. The lowest BCUT2D eigenvalue weighted by Crippen LogP contribution is -2.11. The van der Waals surface area contributed by atoms with Gasteiger partial charge in [-0.15, -0.1) is 11.3 Å². The van der Waals surface area contributed by atoms with Crippen LogP contribution in [-0.4, -0.2) is 46.1 Å². The fraction of sp³-hybridized carbons (Fsp3) is 0.263. The van der Waals surface area contributed by atoms with Crippen molar-refractivity contribution in [2.24, 2.45) is 12.1 Å². The fourth-order valence-electron chi connectivity index (χ4n) is 2.81. The van der Waals surface area contributed by atoms with Gasteiger partial charge < -0.3 is 4.57 Å². The molecule has 0 amide bonds. The number of carbonyl (C=O) groups is 2. The molecule has 2 heterocycles. The number of carbonyl (C=O) groups excluding carboxylic acids is 2. The van der Waals surface area contributed by atoms with E-state index in [0.717, 1.165) is 32.1 Å². The molecule has 0 saturated heterocycles. The molecule has 3 rings (SSSR count). The van der Waals surface area contributed by atoms with Gasteiger partial charge in [0.05, 0.1) is 23.2 Å². The van der Waals surface area contributed by atoms with Gasteiger partial charge in [0.25, 0.3) is 0 Å². The van der Waals surface area contributed by atoms with Crippen LogP contribution in [0, 0.1) is 0 Å². The van der Waals surface area contributed by atoms with Crippen LogP contribution >= 0.6 is 23.1 Å². The minimum Gasteiger partial charge on any atom is -0.325 e. The number of aryl methyl sites for hydroxylation is 1. The Morgan fingerprint density at radius 3 is 2.89 bits per heavy atom. The van der Waals surface area contributed by atoms with Crippen molar-refractivity contribution in [2.45, 2.75) is 17.8 Å². The molecule has 0 bridgehead atoms. The highest BCUT2D eigenvalue weighted by Crippen LogP contribution is 2.32. The Morgan fingerprint density at radius 1 is 1.44 bits per heavy atom. The SMILES string of the molecule is CSc1nc2c(s1)c(/C=N\N(C)Cc1cccc(C(C)=O)c1)c(C=O)n2C. The van der Waals surface area contributed by atoms with Gasteiger partial charge in [-0.3, -0.25) is 14.6 Å². The van der Waals surface area contributed by atoms with E-state index in [4.69, 9.17) is 0 Å². The van der Waals surface area contributed by atoms with E-state index in [2.05, 4.69) is 10.1 Å². The summed E-state index contributed by atoms with van der Waals surface area (Å²) in [7, 11) is 3.70. The summed E-state index contributed by atoms with van der Waals surface area (Å²) in [6, 6.07) is 7.51. The first-order chi connectivity index (χ1) is 12.9. The molecule has 0 aliphatic rings. The number of thioether (sulfide) groups is 1. The Hall–Kier alpha value is -2.45. The number of Topliss-reactive ketones (excluding diaryl/α,β-unsaturated/α-hetero) is 1. The van der Waals surface area contributed by atoms with Gasteiger partial charge in [0.15, 0.2) is 22.1 Å². The maximum absolute atomic E-state index is 11.6. The van der Waals surface area contributed by atoms with Crippen molar-refractivity contribution in [3.8, 4) is 0 Å².